The molecule has 0 bridgehead atoms. The van der Waals surface area contributed by atoms with Crippen LogP contribution in [0.4, 0.5) is 4.79 Å². The molecule has 3 rings (SSSR count). The Labute approximate surface area is 139 Å². The number of thioether (sulfide) groups is 1. The van der Waals surface area contributed by atoms with Crippen LogP contribution < -0.4 is 0 Å². The molecule has 0 N–H and O–H groups in total. The van der Waals surface area contributed by atoms with Gasteiger partial charge in [0, 0.05) is 5.02 Å². The summed E-state index contributed by atoms with van der Waals surface area (Å²) in [6.45, 7) is 2.31. The van der Waals surface area contributed by atoms with Crippen molar-refractivity contribution in [2.75, 3.05) is 19.8 Å². The van der Waals surface area contributed by atoms with Crippen LogP contribution in [0.3, 0.4) is 0 Å². The third-order valence-corrected chi connectivity index (χ3v) is 4.95. The maximum Gasteiger partial charge on any atom is 0.294 e. The van der Waals surface area contributed by atoms with E-state index >= 15 is 0 Å². The Morgan fingerprint density at radius 3 is 2.68 bits per heavy atom. The molecule has 1 aromatic rings. The number of carbonyl (C=O) groups excluding carboxylic acids is 2. The van der Waals surface area contributed by atoms with Crippen molar-refractivity contribution in [3.63, 3.8) is 0 Å². The number of hydrogen-bond donors (Lipinski definition) is 0. The van der Waals surface area contributed by atoms with Gasteiger partial charge in [-0.05, 0) is 61.5 Å². The minimum atomic E-state index is -0.208. The van der Waals surface area contributed by atoms with Crippen molar-refractivity contribution in [1.82, 2.24) is 9.80 Å². The summed E-state index contributed by atoms with van der Waals surface area (Å²) in [5.41, 5.74) is 0.830. The van der Waals surface area contributed by atoms with Crippen LogP contribution in [0.25, 0.3) is 6.08 Å². The molecule has 0 unspecified atom stereocenters. The highest BCUT2D eigenvalue weighted by molar-refractivity contribution is 8.18. The molecule has 0 spiro atoms. The van der Waals surface area contributed by atoms with Gasteiger partial charge in [-0.3, -0.25) is 19.4 Å². The van der Waals surface area contributed by atoms with Crippen LogP contribution in [-0.4, -0.2) is 40.7 Å². The standard InChI is InChI=1S/C16H17ClN2O2S/c17-13-6-4-5-12(9-13)10-14-15(20)19(16(21)22-14)11-18-7-2-1-3-8-18/h4-6,9-10H,1-3,7-8,11H2/b14-10-. The van der Waals surface area contributed by atoms with E-state index < -0.39 is 0 Å². The molecule has 0 atom stereocenters. The minimum absolute atomic E-state index is 0.191. The van der Waals surface area contributed by atoms with Crippen LogP contribution in [0, 0.1) is 0 Å². The van der Waals surface area contributed by atoms with Crippen molar-refractivity contribution < 1.29 is 9.59 Å². The van der Waals surface area contributed by atoms with Gasteiger partial charge in [0.25, 0.3) is 11.1 Å². The first-order chi connectivity index (χ1) is 10.6. The van der Waals surface area contributed by atoms with Gasteiger partial charge < -0.3 is 0 Å². The van der Waals surface area contributed by atoms with E-state index in [1.54, 1.807) is 18.2 Å². The lowest BCUT2D eigenvalue weighted by Gasteiger charge is -2.29. The molecule has 2 fully saturated rings. The number of nitrogens with zero attached hydrogens (tertiary/aromatic N) is 2. The molecule has 0 saturated carbocycles. The number of amides is 2. The molecule has 0 aliphatic carbocycles. The first-order valence-electron chi connectivity index (χ1n) is 7.37. The SMILES string of the molecule is O=C1S/C(=C\c2cccc(Cl)c2)C(=O)N1CN1CCCCC1. The monoisotopic (exact) mass is 336 g/mol. The molecule has 0 aromatic heterocycles. The zero-order valence-corrected chi connectivity index (χ0v) is 13.7. The average molecular weight is 337 g/mol. The average Bonchev–Trinajstić information content (AvgIpc) is 2.76. The van der Waals surface area contributed by atoms with E-state index in [0.717, 1.165) is 43.3 Å². The molecule has 22 heavy (non-hydrogen) atoms. The normalized spacial score (nSPS) is 21.9. The number of hydrogen-bond acceptors (Lipinski definition) is 4. The molecule has 4 nitrogen and oxygen atoms in total. The van der Waals surface area contributed by atoms with E-state index in [1.807, 2.05) is 12.1 Å². The second-order valence-corrected chi connectivity index (χ2v) is 6.91. The second-order valence-electron chi connectivity index (χ2n) is 5.48. The van der Waals surface area contributed by atoms with E-state index in [-0.39, 0.29) is 11.1 Å². The fourth-order valence-corrected chi connectivity index (χ4v) is 3.70. The topological polar surface area (TPSA) is 40.6 Å². The number of piperidine rings is 1. The number of halogens is 1. The van der Waals surface area contributed by atoms with Crippen LogP contribution in [-0.2, 0) is 4.79 Å². The number of imide groups is 1. The third-order valence-electron chi connectivity index (χ3n) is 3.81. The summed E-state index contributed by atoms with van der Waals surface area (Å²) >= 11 is 6.95. The highest BCUT2D eigenvalue weighted by atomic mass is 35.5. The Morgan fingerprint density at radius 1 is 1.18 bits per heavy atom. The molecule has 2 saturated heterocycles. The summed E-state index contributed by atoms with van der Waals surface area (Å²) < 4.78 is 0. The van der Waals surface area contributed by atoms with Crippen molar-refractivity contribution in [2.45, 2.75) is 19.3 Å². The first kappa shape index (κ1) is 15.6. The van der Waals surface area contributed by atoms with Gasteiger partial charge in [0.05, 0.1) is 11.6 Å². The highest BCUT2D eigenvalue weighted by Gasteiger charge is 2.36. The van der Waals surface area contributed by atoms with E-state index in [2.05, 4.69) is 4.90 Å². The molecule has 116 valence electrons. The summed E-state index contributed by atoms with van der Waals surface area (Å²) in [7, 11) is 0. The van der Waals surface area contributed by atoms with Gasteiger partial charge in [0.15, 0.2) is 0 Å². The lowest BCUT2D eigenvalue weighted by molar-refractivity contribution is -0.124. The zero-order valence-electron chi connectivity index (χ0n) is 12.1. The van der Waals surface area contributed by atoms with Crippen molar-refractivity contribution in [3.8, 4) is 0 Å². The van der Waals surface area contributed by atoms with Crippen LogP contribution in [0.15, 0.2) is 29.2 Å². The Hall–Kier alpha value is -1.30. The summed E-state index contributed by atoms with van der Waals surface area (Å²) in [5.74, 6) is -0.208. The van der Waals surface area contributed by atoms with Gasteiger partial charge in [0.2, 0.25) is 0 Å². The summed E-state index contributed by atoms with van der Waals surface area (Å²) in [4.78, 5) is 28.5. The second kappa shape index (κ2) is 6.86. The fraction of sp³-hybridized carbons (Fsp3) is 0.375. The number of carbonyl (C=O) groups is 2. The number of benzene rings is 1. The van der Waals surface area contributed by atoms with Crippen molar-refractivity contribution in [2.24, 2.45) is 0 Å². The largest absolute Gasteiger partial charge is 0.294 e. The van der Waals surface area contributed by atoms with E-state index in [4.69, 9.17) is 11.6 Å². The lowest BCUT2D eigenvalue weighted by atomic mass is 10.1. The van der Waals surface area contributed by atoms with Crippen molar-refractivity contribution >= 4 is 40.6 Å². The van der Waals surface area contributed by atoms with E-state index in [9.17, 15) is 9.59 Å². The van der Waals surface area contributed by atoms with Crippen molar-refractivity contribution in [3.05, 3.63) is 39.8 Å². The van der Waals surface area contributed by atoms with E-state index in [0.29, 0.717) is 16.6 Å². The fourth-order valence-electron chi connectivity index (χ4n) is 2.67. The number of likely N-dealkylation sites (tertiary alicyclic amines) is 1. The van der Waals surface area contributed by atoms with Crippen LogP contribution in [0.1, 0.15) is 24.8 Å². The molecule has 2 heterocycles. The van der Waals surface area contributed by atoms with Gasteiger partial charge in [0.1, 0.15) is 0 Å². The van der Waals surface area contributed by atoms with Gasteiger partial charge in [-0.2, -0.15) is 0 Å². The Bertz CT molecular complexity index is 626. The van der Waals surface area contributed by atoms with Crippen molar-refractivity contribution in [1.29, 1.82) is 0 Å². The predicted octanol–water partition coefficient (Wildman–Crippen LogP) is 3.82. The molecule has 0 radical (unpaired) electrons. The molecule has 2 aliphatic heterocycles. The zero-order chi connectivity index (χ0) is 15.5. The van der Waals surface area contributed by atoms with Gasteiger partial charge in [-0.1, -0.05) is 30.2 Å². The quantitative estimate of drug-likeness (QED) is 0.787. The third kappa shape index (κ3) is 3.54. The highest BCUT2D eigenvalue weighted by Crippen LogP contribution is 2.32. The summed E-state index contributed by atoms with van der Waals surface area (Å²) in [5, 5.41) is 0.421. The Morgan fingerprint density at radius 2 is 1.95 bits per heavy atom. The summed E-state index contributed by atoms with van der Waals surface area (Å²) in [6, 6.07) is 7.25. The maximum atomic E-state index is 12.4. The number of rotatable bonds is 3. The molecular weight excluding hydrogens is 320 g/mol. The Kier molecular flexibility index (Phi) is 4.86. The molecule has 6 heteroatoms. The van der Waals surface area contributed by atoms with Crippen LogP contribution in [0.5, 0.6) is 0 Å². The van der Waals surface area contributed by atoms with E-state index in [1.165, 1.54) is 11.3 Å². The molecule has 2 amide bonds. The van der Waals surface area contributed by atoms with Crippen LogP contribution in [0.2, 0.25) is 5.02 Å². The first-order valence-corrected chi connectivity index (χ1v) is 8.56. The molecule has 2 aliphatic rings. The molecular formula is C16H17ClN2O2S. The smallest absolute Gasteiger partial charge is 0.286 e. The van der Waals surface area contributed by atoms with Crippen LogP contribution >= 0.6 is 23.4 Å². The summed E-state index contributed by atoms with van der Waals surface area (Å²) in [6.07, 6.45) is 5.23. The molecule has 1 aromatic carbocycles. The van der Waals surface area contributed by atoms with Gasteiger partial charge >= 0.3 is 0 Å². The maximum absolute atomic E-state index is 12.4. The predicted molar refractivity (Wildman–Crippen MR) is 89.6 cm³/mol. The van der Waals surface area contributed by atoms with Gasteiger partial charge in [-0.25, -0.2) is 0 Å². The lowest BCUT2D eigenvalue weighted by Crippen LogP contribution is -2.42. The van der Waals surface area contributed by atoms with Gasteiger partial charge in [-0.15, -0.1) is 0 Å². The minimum Gasteiger partial charge on any atom is -0.286 e. The Balaban J connectivity index is 1.73.